The highest BCUT2D eigenvalue weighted by molar-refractivity contribution is 7.13. The summed E-state index contributed by atoms with van der Waals surface area (Å²) in [6.07, 6.45) is 4.19. The predicted molar refractivity (Wildman–Crippen MR) is 69.6 cm³/mol. The van der Waals surface area contributed by atoms with E-state index in [1.54, 1.807) is 17.5 Å². The normalized spacial score (nSPS) is 19.4. The molecule has 2 aromatic rings. The van der Waals surface area contributed by atoms with E-state index in [9.17, 15) is 0 Å². The largest absolute Gasteiger partial charge is 0.316 e. The smallest absolute Gasteiger partial charge is 0.188 e. The van der Waals surface area contributed by atoms with Gasteiger partial charge in [0, 0.05) is 17.6 Å². The molecule has 1 aliphatic heterocycles. The Hall–Kier alpha value is -1.46. The molecule has 3 heterocycles. The summed E-state index contributed by atoms with van der Waals surface area (Å²) in [6.45, 7) is 1.09. The maximum atomic E-state index is 4.62. The van der Waals surface area contributed by atoms with Crippen LogP contribution in [0.5, 0.6) is 0 Å². The lowest BCUT2D eigenvalue weighted by molar-refractivity contribution is 0.629. The molecule has 0 bridgehead atoms. The molecule has 0 saturated carbocycles. The van der Waals surface area contributed by atoms with Gasteiger partial charge in [-0.05, 0) is 31.5 Å². The van der Waals surface area contributed by atoms with Gasteiger partial charge in [0.05, 0.1) is 5.69 Å². The van der Waals surface area contributed by atoms with E-state index in [2.05, 4.69) is 26.7 Å². The second-order valence-electron chi connectivity index (χ2n) is 4.06. The van der Waals surface area contributed by atoms with E-state index in [1.807, 2.05) is 17.5 Å². The number of nitrogens with one attached hydrogen (secondary N) is 2. The number of anilines is 2. The monoisotopic (exact) mass is 246 g/mol. The van der Waals surface area contributed by atoms with Crippen LogP contribution >= 0.6 is 11.3 Å². The standard InChI is InChI=1S/C12H14N4S/c1-3-10(9-4-2-6-13-9)15-11(5-1)16-12-14-7-8-17-12/h1,3,5,7-9,13H,2,4,6H2,(H,14,15,16)/t9-/m0/s1. The van der Waals surface area contributed by atoms with Crippen LogP contribution in [-0.2, 0) is 0 Å². The molecular formula is C12H14N4S. The summed E-state index contributed by atoms with van der Waals surface area (Å²) in [5, 5.41) is 9.50. The van der Waals surface area contributed by atoms with Crippen LogP contribution in [0.4, 0.5) is 10.9 Å². The molecule has 1 saturated heterocycles. The van der Waals surface area contributed by atoms with Crippen molar-refractivity contribution < 1.29 is 0 Å². The number of aromatic nitrogens is 2. The lowest BCUT2D eigenvalue weighted by atomic mass is 10.1. The van der Waals surface area contributed by atoms with Crippen LogP contribution in [0.25, 0.3) is 0 Å². The van der Waals surface area contributed by atoms with Crippen molar-refractivity contribution in [3.63, 3.8) is 0 Å². The Morgan fingerprint density at radius 2 is 2.41 bits per heavy atom. The van der Waals surface area contributed by atoms with Crippen LogP contribution < -0.4 is 10.6 Å². The molecule has 3 rings (SSSR count). The number of hydrogen-bond acceptors (Lipinski definition) is 5. The van der Waals surface area contributed by atoms with Crippen molar-refractivity contribution >= 4 is 22.3 Å². The third-order valence-electron chi connectivity index (χ3n) is 2.86. The topological polar surface area (TPSA) is 49.8 Å². The second kappa shape index (κ2) is 4.81. The summed E-state index contributed by atoms with van der Waals surface area (Å²) in [5.41, 5.74) is 1.11. The van der Waals surface area contributed by atoms with Crippen LogP contribution in [-0.4, -0.2) is 16.5 Å². The third-order valence-corrected chi connectivity index (χ3v) is 3.54. The van der Waals surface area contributed by atoms with Gasteiger partial charge in [-0.25, -0.2) is 9.97 Å². The second-order valence-corrected chi connectivity index (χ2v) is 4.95. The molecule has 1 fully saturated rings. The first-order chi connectivity index (χ1) is 8.42. The molecule has 0 aromatic carbocycles. The molecule has 5 heteroatoms. The predicted octanol–water partition coefficient (Wildman–Crippen LogP) is 2.71. The highest BCUT2D eigenvalue weighted by Crippen LogP contribution is 2.23. The quantitative estimate of drug-likeness (QED) is 0.874. The summed E-state index contributed by atoms with van der Waals surface area (Å²) in [5.74, 6) is 0.867. The Balaban J connectivity index is 1.78. The van der Waals surface area contributed by atoms with E-state index >= 15 is 0 Å². The number of pyridine rings is 1. The first-order valence-electron chi connectivity index (χ1n) is 5.79. The molecule has 17 heavy (non-hydrogen) atoms. The van der Waals surface area contributed by atoms with Crippen molar-refractivity contribution in [3.05, 3.63) is 35.5 Å². The van der Waals surface area contributed by atoms with Gasteiger partial charge in [0.2, 0.25) is 0 Å². The van der Waals surface area contributed by atoms with Gasteiger partial charge >= 0.3 is 0 Å². The average molecular weight is 246 g/mol. The van der Waals surface area contributed by atoms with Crippen LogP contribution in [0, 0.1) is 0 Å². The van der Waals surface area contributed by atoms with E-state index in [0.29, 0.717) is 6.04 Å². The maximum Gasteiger partial charge on any atom is 0.188 e. The Labute approximate surface area is 104 Å². The minimum atomic E-state index is 0.410. The molecule has 1 atom stereocenters. The Morgan fingerprint density at radius 1 is 1.41 bits per heavy atom. The molecule has 2 aromatic heterocycles. The minimum Gasteiger partial charge on any atom is -0.316 e. The number of rotatable bonds is 3. The molecule has 0 amide bonds. The van der Waals surface area contributed by atoms with Gasteiger partial charge in [0.25, 0.3) is 0 Å². The molecular weight excluding hydrogens is 232 g/mol. The van der Waals surface area contributed by atoms with Gasteiger partial charge in [0.1, 0.15) is 5.82 Å². The van der Waals surface area contributed by atoms with Crippen molar-refractivity contribution in [2.24, 2.45) is 0 Å². The van der Waals surface area contributed by atoms with Gasteiger partial charge in [-0.3, -0.25) is 0 Å². The molecule has 88 valence electrons. The number of thiazole rings is 1. The first kappa shape index (κ1) is 10.7. The molecule has 1 aliphatic rings. The zero-order valence-electron chi connectivity index (χ0n) is 9.39. The van der Waals surface area contributed by atoms with Gasteiger partial charge in [-0.2, -0.15) is 0 Å². The third kappa shape index (κ3) is 2.45. The van der Waals surface area contributed by atoms with Gasteiger partial charge < -0.3 is 10.6 Å². The van der Waals surface area contributed by atoms with E-state index < -0.39 is 0 Å². The lowest BCUT2D eigenvalue weighted by Gasteiger charge is -2.10. The van der Waals surface area contributed by atoms with Crippen molar-refractivity contribution in [3.8, 4) is 0 Å². The fraction of sp³-hybridized carbons (Fsp3) is 0.333. The van der Waals surface area contributed by atoms with Crippen molar-refractivity contribution in [2.75, 3.05) is 11.9 Å². The molecule has 0 radical (unpaired) electrons. The molecule has 4 nitrogen and oxygen atoms in total. The van der Waals surface area contributed by atoms with Crippen molar-refractivity contribution in [1.82, 2.24) is 15.3 Å². The summed E-state index contributed by atoms with van der Waals surface area (Å²) in [4.78, 5) is 8.81. The minimum absolute atomic E-state index is 0.410. The maximum absolute atomic E-state index is 4.62. The van der Waals surface area contributed by atoms with E-state index in [-0.39, 0.29) is 0 Å². The van der Waals surface area contributed by atoms with E-state index in [1.165, 1.54) is 12.8 Å². The fourth-order valence-electron chi connectivity index (χ4n) is 2.05. The lowest BCUT2D eigenvalue weighted by Crippen LogP contribution is -2.14. The van der Waals surface area contributed by atoms with Gasteiger partial charge in [-0.15, -0.1) is 11.3 Å². The fourth-order valence-corrected chi connectivity index (χ4v) is 2.58. The first-order valence-corrected chi connectivity index (χ1v) is 6.67. The van der Waals surface area contributed by atoms with Crippen LogP contribution in [0.1, 0.15) is 24.6 Å². The Kier molecular flexibility index (Phi) is 3.02. The summed E-state index contributed by atoms with van der Waals surface area (Å²) in [7, 11) is 0. The van der Waals surface area contributed by atoms with Crippen molar-refractivity contribution in [2.45, 2.75) is 18.9 Å². The number of hydrogen-bond donors (Lipinski definition) is 2. The highest BCUT2D eigenvalue weighted by Gasteiger charge is 2.17. The van der Waals surface area contributed by atoms with Gasteiger partial charge in [-0.1, -0.05) is 6.07 Å². The SMILES string of the molecule is c1cc(Nc2nccs2)nc([C@@H]2CCCN2)c1. The van der Waals surface area contributed by atoms with E-state index in [4.69, 9.17) is 0 Å². The molecule has 0 spiro atoms. The summed E-state index contributed by atoms with van der Waals surface area (Å²) >= 11 is 1.58. The van der Waals surface area contributed by atoms with Crippen LogP contribution in [0.2, 0.25) is 0 Å². The Morgan fingerprint density at radius 3 is 3.18 bits per heavy atom. The number of nitrogens with zero attached hydrogens (tertiary/aromatic N) is 2. The van der Waals surface area contributed by atoms with Gasteiger partial charge in [0.15, 0.2) is 5.13 Å². The summed E-state index contributed by atoms with van der Waals surface area (Å²) < 4.78 is 0. The zero-order valence-corrected chi connectivity index (χ0v) is 10.2. The highest BCUT2D eigenvalue weighted by atomic mass is 32.1. The average Bonchev–Trinajstić information content (AvgIpc) is 3.01. The van der Waals surface area contributed by atoms with E-state index in [0.717, 1.165) is 23.2 Å². The molecule has 0 unspecified atom stereocenters. The van der Waals surface area contributed by atoms with Crippen LogP contribution in [0.3, 0.4) is 0 Å². The molecule has 2 N–H and O–H groups in total. The Bertz CT molecular complexity index is 477. The molecule has 0 aliphatic carbocycles. The summed E-state index contributed by atoms with van der Waals surface area (Å²) in [6, 6.07) is 6.50. The van der Waals surface area contributed by atoms with Crippen LogP contribution in [0.15, 0.2) is 29.8 Å². The zero-order chi connectivity index (χ0) is 11.5. The van der Waals surface area contributed by atoms with Crippen molar-refractivity contribution in [1.29, 1.82) is 0 Å².